The average Bonchev–Trinajstić information content (AvgIpc) is 2.67. The van der Waals surface area contributed by atoms with Crippen LogP contribution >= 0.6 is 0 Å². The lowest BCUT2D eigenvalue weighted by Gasteiger charge is -2.24. The van der Waals surface area contributed by atoms with Crippen molar-refractivity contribution in [3.8, 4) is 0 Å². The van der Waals surface area contributed by atoms with Crippen LogP contribution in [0.5, 0.6) is 0 Å². The van der Waals surface area contributed by atoms with Crippen molar-refractivity contribution in [1.82, 2.24) is 0 Å². The lowest BCUT2D eigenvalue weighted by Crippen LogP contribution is -2.32. The predicted molar refractivity (Wildman–Crippen MR) is 151 cm³/mol. The van der Waals surface area contributed by atoms with Gasteiger partial charge in [-0.1, -0.05) is 82.6 Å². The summed E-state index contributed by atoms with van der Waals surface area (Å²) in [5, 5.41) is 58.8. The SMILES string of the molecule is CC(C)(C)CC(=O)O.CC(C)(C)CC(=O)O.CC(C)(C)CC(=O)O.CCC(CO)(CO)CO.CCCCO. The van der Waals surface area contributed by atoms with Gasteiger partial charge >= 0.3 is 17.9 Å². The molecule has 10 nitrogen and oxygen atoms in total. The summed E-state index contributed by atoms with van der Waals surface area (Å²) in [5.41, 5.74) is -0.899. The quantitative estimate of drug-likeness (QED) is 0.210. The fourth-order valence-corrected chi connectivity index (χ4v) is 2.00. The third-order valence-electron chi connectivity index (χ3n) is 4.31. The zero-order chi connectivity index (χ0) is 31.8. The molecule has 0 aliphatic carbocycles. The summed E-state index contributed by atoms with van der Waals surface area (Å²) in [7, 11) is 0. The van der Waals surface area contributed by atoms with Crippen LogP contribution in [0.4, 0.5) is 0 Å². The van der Waals surface area contributed by atoms with E-state index in [9.17, 15) is 14.4 Å². The number of carboxylic acid groups (broad SMARTS) is 3. The van der Waals surface area contributed by atoms with E-state index in [1.54, 1.807) is 0 Å². The summed E-state index contributed by atoms with van der Waals surface area (Å²) in [4.78, 5) is 30.0. The molecular weight excluding hydrogens is 496 g/mol. The fraction of sp³-hybridized carbons (Fsp3) is 0.893. The molecule has 0 heterocycles. The lowest BCUT2D eigenvalue weighted by molar-refractivity contribution is -0.140. The Hall–Kier alpha value is -1.75. The Kier molecular flexibility index (Phi) is 29.5. The maximum atomic E-state index is 10.0. The van der Waals surface area contributed by atoms with Crippen molar-refractivity contribution in [2.75, 3.05) is 26.4 Å². The summed E-state index contributed by atoms with van der Waals surface area (Å²) < 4.78 is 0. The van der Waals surface area contributed by atoms with E-state index >= 15 is 0 Å². The molecule has 0 saturated carbocycles. The van der Waals surface area contributed by atoms with Gasteiger partial charge in [-0.3, -0.25) is 14.4 Å². The number of aliphatic carboxylic acids is 3. The normalized spacial score (nSPS) is 11.1. The van der Waals surface area contributed by atoms with E-state index in [1.807, 2.05) is 69.2 Å². The first kappa shape index (κ1) is 46.1. The highest BCUT2D eigenvalue weighted by Gasteiger charge is 2.25. The number of carbonyl (C=O) groups is 3. The third-order valence-corrected chi connectivity index (χ3v) is 4.31. The molecule has 10 heteroatoms. The van der Waals surface area contributed by atoms with Gasteiger partial charge in [-0.2, -0.15) is 0 Å². The van der Waals surface area contributed by atoms with Crippen LogP contribution in [0, 0.1) is 21.7 Å². The zero-order valence-electron chi connectivity index (χ0n) is 25.9. The first-order valence-corrected chi connectivity index (χ1v) is 13.0. The zero-order valence-corrected chi connectivity index (χ0v) is 25.9. The van der Waals surface area contributed by atoms with Crippen molar-refractivity contribution in [2.45, 2.75) is 115 Å². The van der Waals surface area contributed by atoms with Crippen LogP contribution in [-0.4, -0.2) is 80.1 Å². The third kappa shape index (κ3) is 51.0. The summed E-state index contributed by atoms with van der Waals surface area (Å²) in [6.45, 7) is 20.9. The molecule has 232 valence electrons. The highest BCUT2D eigenvalue weighted by Crippen LogP contribution is 2.19. The molecule has 0 aliphatic rings. The standard InChI is InChI=1S/C6H14O3.3C6H12O2.C4H10O/c1-2-6(3-7,4-8)5-9;3*1-6(2,3)4-5(7)8;1-2-3-4-5/h7-9H,2-5H2,1H3;3*4H2,1-3H3,(H,7,8);5H,2-4H2,1H3. The van der Waals surface area contributed by atoms with Crippen LogP contribution < -0.4 is 0 Å². The average molecular weight is 557 g/mol. The van der Waals surface area contributed by atoms with E-state index in [-0.39, 0.29) is 55.3 Å². The van der Waals surface area contributed by atoms with Crippen molar-refractivity contribution in [1.29, 1.82) is 0 Å². The van der Waals surface area contributed by atoms with Crippen molar-refractivity contribution in [2.24, 2.45) is 21.7 Å². The van der Waals surface area contributed by atoms with E-state index in [0.29, 0.717) is 13.0 Å². The van der Waals surface area contributed by atoms with E-state index < -0.39 is 23.3 Å². The van der Waals surface area contributed by atoms with Gasteiger partial charge in [0.2, 0.25) is 0 Å². The number of aliphatic hydroxyl groups excluding tert-OH is 4. The molecule has 0 saturated heterocycles. The minimum atomic E-state index is -0.725. The van der Waals surface area contributed by atoms with Crippen molar-refractivity contribution < 1.29 is 50.1 Å². The summed E-state index contributed by atoms with van der Waals surface area (Å²) in [6, 6.07) is 0. The van der Waals surface area contributed by atoms with Crippen molar-refractivity contribution in [3.05, 3.63) is 0 Å². The number of carboxylic acids is 3. The molecule has 0 amide bonds. The maximum absolute atomic E-state index is 10.0. The first-order valence-electron chi connectivity index (χ1n) is 13.0. The van der Waals surface area contributed by atoms with E-state index in [0.717, 1.165) is 12.8 Å². The van der Waals surface area contributed by atoms with E-state index in [2.05, 4.69) is 6.92 Å². The monoisotopic (exact) mass is 556 g/mol. The van der Waals surface area contributed by atoms with Gasteiger partial charge in [-0.05, 0) is 29.1 Å². The van der Waals surface area contributed by atoms with Crippen molar-refractivity contribution >= 4 is 17.9 Å². The van der Waals surface area contributed by atoms with Gasteiger partial charge in [0.1, 0.15) is 0 Å². The van der Waals surface area contributed by atoms with Gasteiger partial charge < -0.3 is 35.7 Å². The van der Waals surface area contributed by atoms with Crippen LogP contribution in [-0.2, 0) is 14.4 Å². The largest absolute Gasteiger partial charge is 0.481 e. The van der Waals surface area contributed by atoms with E-state index in [1.165, 1.54) is 0 Å². The number of hydrogen-bond acceptors (Lipinski definition) is 7. The molecule has 0 bridgehead atoms. The van der Waals surface area contributed by atoms with Crippen LogP contribution in [0.3, 0.4) is 0 Å². The Morgan fingerprint density at radius 2 is 0.763 bits per heavy atom. The van der Waals surface area contributed by atoms with Gasteiger partial charge in [0.25, 0.3) is 0 Å². The fourth-order valence-electron chi connectivity index (χ4n) is 2.00. The second-order valence-electron chi connectivity index (χ2n) is 12.8. The summed E-state index contributed by atoms with van der Waals surface area (Å²) >= 11 is 0. The molecule has 0 rings (SSSR count). The minimum Gasteiger partial charge on any atom is -0.481 e. The Balaban J connectivity index is -0.000000121. The van der Waals surface area contributed by atoms with Crippen LogP contribution in [0.15, 0.2) is 0 Å². The predicted octanol–water partition coefficient (Wildman–Crippen LogP) is 4.66. The first-order chi connectivity index (χ1) is 16.9. The molecular formula is C28H60O10. The Morgan fingerprint density at radius 1 is 0.526 bits per heavy atom. The maximum Gasteiger partial charge on any atom is 0.303 e. The molecule has 0 aromatic carbocycles. The van der Waals surface area contributed by atoms with Crippen molar-refractivity contribution in [3.63, 3.8) is 0 Å². The molecule has 0 aliphatic heterocycles. The highest BCUT2D eigenvalue weighted by atomic mass is 16.4. The smallest absolute Gasteiger partial charge is 0.303 e. The van der Waals surface area contributed by atoms with Crippen LogP contribution in [0.25, 0.3) is 0 Å². The van der Waals surface area contributed by atoms with E-state index in [4.69, 9.17) is 35.7 Å². The number of unbranched alkanes of at least 4 members (excludes halogenated alkanes) is 1. The highest BCUT2D eigenvalue weighted by molar-refractivity contribution is 5.68. The molecule has 0 unspecified atom stereocenters. The van der Waals surface area contributed by atoms with Gasteiger partial charge in [0.05, 0.1) is 39.1 Å². The Morgan fingerprint density at radius 3 is 0.763 bits per heavy atom. The number of aliphatic hydroxyl groups is 4. The molecule has 0 radical (unpaired) electrons. The molecule has 0 aromatic rings. The lowest BCUT2D eigenvalue weighted by atomic mass is 9.88. The molecule has 38 heavy (non-hydrogen) atoms. The topological polar surface area (TPSA) is 193 Å². The molecule has 7 N–H and O–H groups in total. The summed E-state index contributed by atoms with van der Waals surface area (Å²) in [6.07, 6.45) is 3.36. The Labute approximate surface area is 231 Å². The van der Waals surface area contributed by atoms with Crippen LogP contribution in [0.1, 0.15) is 115 Å². The van der Waals surface area contributed by atoms with Gasteiger partial charge in [-0.15, -0.1) is 0 Å². The molecule has 0 aromatic heterocycles. The Bertz CT molecular complexity index is 497. The molecule has 0 fully saturated rings. The number of rotatable bonds is 9. The van der Waals surface area contributed by atoms with Gasteiger partial charge in [0, 0.05) is 12.0 Å². The van der Waals surface area contributed by atoms with Gasteiger partial charge in [-0.25, -0.2) is 0 Å². The van der Waals surface area contributed by atoms with Crippen LogP contribution in [0.2, 0.25) is 0 Å². The molecule has 0 atom stereocenters. The van der Waals surface area contributed by atoms with Gasteiger partial charge in [0.15, 0.2) is 0 Å². The second-order valence-corrected chi connectivity index (χ2v) is 12.8. The minimum absolute atomic E-state index is 0.0775. The summed E-state index contributed by atoms with van der Waals surface area (Å²) in [5.74, 6) is -2.17. The number of hydrogen-bond donors (Lipinski definition) is 7. The molecule has 0 spiro atoms. The second kappa shape index (κ2) is 24.3.